The van der Waals surface area contributed by atoms with Crippen molar-refractivity contribution in [3.05, 3.63) is 50.4 Å². The van der Waals surface area contributed by atoms with Crippen molar-refractivity contribution in [1.82, 2.24) is 14.2 Å². The molecule has 1 aromatic carbocycles. The van der Waals surface area contributed by atoms with Gasteiger partial charge in [-0.2, -0.15) is 8.78 Å². The molecular formula is C21H24ClF2N3O2. The maximum Gasteiger partial charge on any atom is 0.387 e. The van der Waals surface area contributed by atoms with E-state index in [9.17, 15) is 13.6 Å². The molecule has 0 saturated carbocycles. The zero-order valence-corrected chi connectivity index (χ0v) is 17.8. The zero-order chi connectivity index (χ0) is 21.5. The first-order chi connectivity index (χ1) is 13.7. The zero-order valence-electron chi connectivity index (χ0n) is 17.1. The molecule has 2 heterocycles. The molecule has 3 rings (SSSR count). The highest BCUT2D eigenvalue weighted by molar-refractivity contribution is 6.33. The lowest BCUT2D eigenvalue weighted by molar-refractivity contribution is -0.0498. The van der Waals surface area contributed by atoms with E-state index in [4.69, 9.17) is 16.7 Å². The second kappa shape index (κ2) is 8.14. The van der Waals surface area contributed by atoms with Crippen molar-refractivity contribution < 1.29 is 13.5 Å². The summed E-state index contributed by atoms with van der Waals surface area (Å²) in [6, 6.07) is 4.78. The van der Waals surface area contributed by atoms with E-state index in [1.165, 1.54) is 16.7 Å². The van der Waals surface area contributed by atoms with Crippen molar-refractivity contribution in [2.75, 3.05) is 0 Å². The number of fused-ring (bicyclic) bond motifs is 1. The van der Waals surface area contributed by atoms with Crippen LogP contribution < -0.4 is 10.3 Å². The minimum atomic E-state index is -2.94. The molecule has 3 aromatic rings. The molecule has 0 unspecified atom stereocenters. The van der Waals surface area contributed by atoms with E-state index in [2.05, 4.69) is 18.6 Å². The number of aryl methyl sites for hydroxylation is 2. The van der Waals surface area contributed by atoms with Crippen molar-refractivity contribution in [2.45, 2.75) is 53.1 Å². The average molecular weight is 424 g/mol. The van der Waals surface area contributed by atoms with E-state index in [1.807, 2.05) is 13.0 Å². The van der Waals surface area contributed by atoms with Crippen molar-refractivity contribution in [2.24, 2.45) is 7.05 Å². The standard InChI is InChI=1S/C21H24ClF2N3O2/c1-6-13(7-2)15-9-12(4)27-18(15)20(28)26(5)19(25-27)17-11(3)8-14(10-16(17)22)29-21(23)24/h8-10,13,21H,6-7H2,1-5H3. The summed E-state index contributed by atoms with van der Waals surface area (Å²) in [5.74, 6) is 0.601. The molecule has 0 spiro atoms. The smallest absolute Gasteiger partial charge is 0.387 e. The summed E-state index contributed by atoms with van der Waals surface area (Å²) in [6.07, 6.45) is 1.86. The molecule has 0 aliphatic heterocycles. The van der Waals surface area contributed by atoms with Gasteiger partial charge in [-0.1, -0.05) is 25.4 Å². The second-order valence-electron chi connectivity index (χ2n) is 7.18. The van der Waals surface area contributed by atoms with Gasteiger partial charge in [0.25, 0.3) is 5.56 Å². The van der Waals surface area contributed by atoms with Gasteiger partial charge in [0.15, 0.2) is 5.82 Å². The van der Waals surface area contributed by atoms with Crippen LogP contribution in [-0.4, -0.2) is 20.8 Å². The summed E-state index contributed by atoms with van der Waals surface area (Å²) in [4.78, 5) is 13.3. The van der Waals surface area contributed by atoms with Crippen molar-refractivity contribution in [3.8, 4) is 17.1 Å². The average Bonchev–Trinajstić information content (AvgIpc) is 2.95. The van der Waals surface area contributed by atoms with Gasteiger partial charge in [-0.3, -0.25) is 9.36 Å². The molecular weight excluding hydrogens is 400 g/mol. The van der Waals surface area contributed by atoms with E-state index in [0.717, 1.165) is 24.1 Å². The molecule has 5 nitrogen and oxygen atoms in total. The predicted octanol–water partition coefficient (Wildman–Crippen LogP) is 5.48. The molecule has 0 N–H and O–H groups in total. The van der Waals surface area contributed by atoms with Crippen LogP contribution in [0.1, 0.15) is 49.4 Å². The minimum absolute atomic E-state index is 0.0366. The summed E-state index contributed by atoms with van der Waals surface area (Å²) in [6.45, 7) is 4.88. The fourth-order valence-electron chi connectivity index (χ4n) is 3.84. The van der Waals surface area contributed by atoms with E-state index >= 15 is 0 Å². The van der Waals surface area contributed by atoms with E-state index in [1.54, 1.807) is 18.5 Å². The molecule has 2 aromatic heterocycles. The number of halogens is 3. The van der Waals surface area contributed by atoms with Gasteiger partial charge < -0.3 is 4.74 Å². The summed E-state index contributed by atoms with van der Waals surface area (Å²) in [5.41, 5.74) is 3.33. The fraction of sp³-hybridized carbons (Fsp3) is 0.429. The Bertz CT molecular complexity index is 1090. The monoisotopic (exact) mass is 423 g/mol. The first-order valence-corrected chi connectivity index (χ1v) is 9.91. The van der Waals surface area contributed by atoms with Crippen LogP contribution in [0.25, 0.3) is 16.9 Å². The highest BCUT2D eigenvalue weighted by atomic mass is 35.5. The van der Waals surface area contributed by atoms with Crippen molar-refractivity contribution in [1.29, 1.82) is 0 Å². The number of ether oxygens (including phenoxy) is 1. The van der Waals surface area contributed by atoms with Gasteiger partial charge in [0.1, 0.15) is 11.3 Å². The van der Waals surface area contributed by atoms with Gasteiger partial charge >= 0.3 is 6.61 Å². The maximum atomic E-state index is 13.3. The van der Waals surface area contributed by atoms with Gasteiger partial charge in [-0.05, 0) is 61.9 Å². The molecule has 8 heteroatoms. The van der Waals surface area contributed by atoms with Crippen molar-refractivity contribution in [3.63, 3.8) is 0 Å². The number of nitrogens with zero attached hydrogens (tertiary/aromatic N) is 3. The van der Waals surface area contributed by atoms with Crippen LogP contribution in [0.15, 0.2) is 23.0 Å². The van der Waals surface area contributed by atoms with Crippen LogP contribution in [-0.2, 0) is 7.05 Å². The fourth-order valence-corrected chi connectivity index (χ4v) is 4.18. The Kier molecular flexibility index (Phi) is 5.98. The van der Waals surface area contributed by atoms with Gasteiger partial charge in [0.05, 0.1) is 5.02 Å². The largest absolute Gasteiger partial charge is 0.435 e. The summed E-state index contributed by atoms with van der Waals surface area (Å²) in [5, 5.41) is 4.88. The molecule has 0 radical (unpaired) electrons. The summed E-state index contributed by atoms with van der Waals surface area (Å²) < 4.78 is 32.7. The Balaban J connectivity index is 2.27. The molecule has 0 saturated heterocycles. The number of aromatic nitrogens is 3. The first kappa shape index (κ1) is 21.3. The lowest BCUT2D eigenvalue weighted by Gasteiger charge is -2.16. The van der Waals surface area contributed by atoms with Gasteiger partial charge in [-0.25, -0.2) is 4.52 Å². The Labute approximate surface area is 172 Å². The normalized spacial score (nSPS) is 11.8. The molecule has 156 valence electrons. The van der Waals surface area contributed by atoms with Crippen LogP contribution in [0, 0.1) is 13.8 Å². The third-order valence-corrected chi connectivity index (χ3v) is 5.64. The SMILES string of the molecule is CCC(CC)c1cc(C)n2nc(-c3c(C)cc(OC(F)F)cc3Cl)n(C)c(=O)c12. The molecule has 0 aliphatic carbocycles. The number of hydrogen-bond donors (Lipinski definition) is 0. The van der Waals surface area contributed by atoms with Gasteiger partial charge in [0.2, 0.25) is 0 Å². The van der Waals surface area contributed by atoms with Crippen LogP contribution in [0.5, 0.6) is 5.75 Å². The number of alkyl halides is 2. The Morgan fingerprint density at radius 2 is 1.83 bits per heavy atom. The van der Waals surface area contributed by atoms with Gasteiger partial charge in [-0.15, -0.1) is 5.10 Å². The quantitative estimate of drug-likeness (QED) is 0.527. The van der Waals surface area contributed by atoms with E-state index in [-0.39, 0.29) is 22.2 Å². The highest BCUT2D eigenvalue weighted by Gasteiger charge is 2.22. The third kappa shape index (κ3) is 3.75. The molecule has 0 fully saturated rings. The second-order valence-corrected chi connectivity index (χ2v) is 7.59. The number of benzene rings is 1. The Hall–Kier alpha value is -2.41. The summed E-state index contributed by atoms with van der Waals surface area (Å²) in [7, 11) is 1.64. The molecule has 0 atom stereocenters. The molecule has 0 bridgehead atoms. The van der Waals surface area contributed by atoms with E-state index in [0.29, 0.717) is 22.5 Å². The van der Waals surface area contributed by atoms with Crippen LogP contribution >= 0.6 is 11.6 Å². The minimum Gasteiger partial charge on any atom is -0.435 e. The summed E-state index contributed by atoms with van der Waals surface area (Å²) >= 11 is 6.38. The highest BCUT2D eigenvalue weighted by Crippen LogP contribution is 2.35. The lowest BCUT2D eigenvalue weighted by Crippen LogP contribution is -2.24. The predicted molar refractivity (Wildman–Crippen MR) is 110 cm³/mol. The van der Waals surface area contributed by atoms with Crippen LogP contribution in [0.2, 0.25) is 5.02 Å². The molecule has 0 aliphatic rings. The van der Waals surface area contributed by atoms with Crippen LogP contribution in [0.3, 0.4) is 0 Å². The third-order valence-electron chi connectivity index (χ3n) is 5.34. The Morgan fingerprint density at radius 3 is 2.38 bits per heavy atom. The Morgan fingerprint density at radius 1 is 1.17 bits per heavy atom. The number of rotatable bonds is 6. The first-order valence-electron chi connectivity index (χ1n) is 9.54. The molecule has 0 amide bonds. The van der Waals surface area contributed by atoms with Gasteiger partial charge in [0, 0.05) is 18.3 Å². The van der Waals surface area contributed by atoms with Crippen LogP contribution in [0.4, 0.5) is 8.78 Å². The maximum absolute atomic E-state index is 13.3. The van der Waals surface area contributed by atoms with E-state index < -0.39 is 6.61 Å². The molecule has 29 heavy (non-hydrogen) atoms. The van der Waals surface area contributed by atoms with Crippen molar-refractivity contribution >= 4 is 17.1 Å². The number of hydrogen-bond acceptors (Lipinski definition) is 3. The lowest BCUT2D eigenvalue weighted by atomic mass is 9.95. The topological polar surface area (TPSA) is 48.5 Å².